The van der Waals surface area contributed by atoms with Crippen molar-refractivity contribution < 1.29 is 24.0 Å². The summed E-state index contributed by atoms with van der Waals surface area (Å²) in [5, 5.41) is 13.5. The normalized spacial score (nSPS) is 20.1. The topological polar surface area (TPSA) is 138 Å². The van der Waals surface area contributed by atoms with E-state index in [1.54, 1.807) is 12.1 Å². The molecule has 11 heteroatoms. The summed E-state index contributed by atoms with van der Waals surface area (Å²) in [4.78, 5) is 53.6. The van der Waals surface area contributed by atoms with Crippen LogP contribution in [0.15, 0.2) is 36.4 Å². The van der Waals surface area contributed by atoms with Crippen molar-refractivity contribution in [3.05, 3.63) is 52.2 Å². The molecule has 2 aromatic rings. The lowest BCUT2D eigenvalue weighted by Gasteiger charge is -2.37. The van der Waals surface area contributed by atoms with Gasteiger partial charge in [-0.05, 0) is 54.5 Å². The van der Waals surface area contributed by atoms with E-state index in [4.69, 9.17) is 4.74 Å². The van der Waals surface area contributed by atoms with Crippen LogP contribution in [0, 0.1) is 22.0 Å². The number of carbonyl (C=O) groups is 3. The molecule has 0 bridgehead atoms. The van der Waals surface area contributed by atoms with Gasteiger partial charge in [-0.15, -0.1) is 0 Å². The van der Waals surface area contributed by atoms with Crippen LogP contribution in [-0.4, -0.2) is 65.9 Å². The number of benzene rings is 1. The molecule has 2 N–H and O–H groups in total. The zero-order chi connectivity index (χ0) is 24.2. The van der Waals surface area contributed by atoms with Gasteiger partial charge in [-0.1, -0.05) is 0 Å². The summed E-state index contributed by atoms with van der Waals surface area (Å²) in [7, 11) is 1.38. The lowest BCUT2D eigenvalue weighted by molar-refractivity contribution is -0.389. The maximum absolute atomic E-state index is 12.9. The van der Waals surface area contributed by atoms with Crippen LogP contribution < -0.4 is 10.2 Å². The molecule has 1 saturated heterocycles. The van der Waals surface area contributed by atoms with Gasteiger partial charge in [-0.2, -0.15) is 0 Å². The molecule has 0 radical (unpaired) electrons. The number of anilines is 2. The molecule has 2 amide bonds. The smallest absolute Gasteiger partial charge is 0.321 e. The molecule has 180 valence electrons. The first-order valence-electron chi connectivity index (χ1n) is 11.2. The highest BCUT2D eigenvalue weighted by atomic mass is 16.6. The minimum absolute atomic E-state index is 0.108. The number of hydrogen-bond acceptors (Lipinski definition) is 7. The Bertz CT molecular complexity index is 1070. The van der Waals surface area contributed by atoms with Gasteiger partial charge >= 0.3 is 11.8 Å². The Morgan fingerprint density at radius 2 is 1.71 bits per heavy atom. The molecule has 4 rings (SSSR count). The van der Waals surface area contributed by atoms with Gasteiger partial charge < -0.3 is 30.0 Å². The maximum atomic E-state index is 12.9. The van der Waals surface area contributed by atoms with Crippen molar-refractivity contribution in [3.63, 3.8) is 0 Å². The van der Waals surface area contributed by atoms with Crippen LogP contribution >= 0.6 is 0 Å². The molecular weight excluding hydrogens is 442 g/mol. The summed E-state index contributed by atoms with van der Waals surface area (Å²) in [6.45, 7) is 2.61. The standard InChI is InChI=1S/C23H27N5O6/c1-34-23(31)16-3-2-15(14-16)22(30)27-12-10-26(11-13-27)18-6-4-17(5-7-18)24-21(29)19-8-9-20(25-19)28(32)33/h4-9,15-16,25H,2-3,10-14H2,1H3,(H,24,29). The number of carbonyl (C=O) groups excluding carboxylic acids is 3. The van der Waals surface area contributed by atoms with Crippen LogP contribution in [0.1, 0.15) is 29.8 Å². The van der Waals surface area contributed by atoms with E-state index in [1.165, 1.54) is 19.2 Å². The molecule has 1 aliphatic heterocycles. The SMILES string of the molecule is COC(=O)C1CCC(C(=O)N2CCN(c3ccc(NC(=O)c4ccc([N+](=O)[O-])[nH]4)cc3)CC2)C1. The predicted octanol–water partition coefficient (Wildman–Crippen LogP) is 2.41. The second kappa shape index (κ2) is 9.94. The number of amides is 2. The van der Waals surface area contributed by atoms with E-state index in [-0.39, 0.29) is 35.2 Å². The molecule has 2 fully saturated rings. The van der Waals surface area contributed by atoms with E-state index in [0.717, 1.165) is 12.1 Å². The molecule has 2 unspecified atom stereocenters. The van der Waals surface area contributed by atoms with Crippen LogP contribution in [0.5, 0.6) is 0 Å². The number of H-pyrrole nitrogens is 1. The number of ether oxygens (including phenoxy) is 1. The molecule has 34 heavy (non-hydrogen) atoms. The number of esters is 1. The van der Waals surface area contributed by atoms with Gasteiger partial charge in [0.25, 0.3) is 5.91 Å². The Hall–Kier alpha value is -3.89. The average molecular weight is 469 g/mol. The third-order valence-electron chi connectivity index (χ3n) is 6.51. The largest absolute Gasteiger partial charge is 0.469 e. The average Bonchev–Trinajstić information content (AvgIpc) is 3.54. The molecule has 2 heterocycles. The highest BCUT2D eigenvalue weighted by Crippen LogP contribution is 2.33. The van der Waals surface area contributed by atoms with Crippen LogP contribution in [-0.2, 0) is 14.3 Å². The number of piperazine rings is 1. The Balaban J connectivity index is 1.27. The number of rotatable bonds is 6. The highest BCUT2D eigenvalue weighted by molar-refractivity contribution is 6.03. The minimum atomic E-state index is -0.592. The van der Waals surface area contributed by atoms with E-state index in [2.05, 4.69) is 15.2 Å². The Kier molecular flexibility index (Phi) is 6.80. The molecule has 0 spiro atoms. The summed E-state index contributed by atoms with van der Waals surface area (Å²) in [5.74, 6) is -1.10. The van der Waals surface area contributed by atoms with Crippen molar-refractivity contribution in [3.8, 4) is 0 Å². The molecule has 11 nitrogen and oxygen atoms in total. The number of nitro groups is 1. The van der Waals surface area contributed by atoms with Crippen molar-refractivity contribution in [2.24, 2.45) is 11.8 Å². The highest BCUT2D eigenvalue weighted by Gasteiger charge is 2.37. The molecule has 1 aromatic carbocycles. The van der Waals surface area contributed by atoms with Crippen molar-refractivity contribution >= 4 is 35.0 Å². The molecule has 1 saturated carbocycles. The number of hydrogen-bond donors (Lipinski definition) is 2. The first kappa shape index (κ1) is 23.3. The Morgan fingerprint density at radius 1 is 1.03 bits per heavy atom. The van der Waals surface area contributed by atoms with E-state index >= 15 is 0 Å². The summed E-state index contributed by atoms with van der Waals surface area (Å²) in [6.07, 6.45) is 1.99. The third-order valence-corrected chi connectivity index (χ3v) is 6.51. The fourth-order valence-electron chi connectivity index (χ4n) is 4.61. The molecule has 1 aliphatic carbocycles. The van der Waals surface area contributed by atoms with Gasteiger partial charge in [0.2, 0.25) is 5.91 Å². The van der Waals surface area contributed by atoms with Gasteiger partial charge in [0.15, 0.2) is 5.69 Å². The van der Waals surface area contributed by atoms with Gasteiger partial charge in [-0.3, -0.25) is 14.4 Å². The first-order chi connectivity index (χ1) is 16.4. The third kappa shape index (κ3) is 5.03. The van der Waals surface area contributed by atoms with E-state index < -0.39 is 10.8 Å². The van der Waals surface area contributed by atoms with Crippen molar-refractivity contribution in [1.29, 1.82) is 0 Å². The van der Waals surface area contributed by atoms with Gasteiger partial charge in [0, 0.05) is 49.5 Å². The first-order valence-corrected chi connectivity index (χ1v) is 11.2. The molecule has 2 atom stereocenters. The van der Waals surface area contributed by atoms with Crippen molar-refractivity contribution in [1.82, 2.24) is 9.88 Å². The molecule has 2 aliphatic rings. The van der Waals surface area contributed by atoms with E-state index in [9.17, 15) is 24.5 Å². The maximum Gasteiger partial charge on any atom is 0.321 e. The van der Waals surface area contributed by atoms with Crippen LogP contribution in [0.2, 0.25) is 0 Å². The lowest BCUT2D eigenvalue weighted by atomic mass is 10.0. The van der Waals surface area contributed by atoms with E-state index in [0.29, 0.717) is 44.7 Å². The second-order valence-corrected chi connectivity index (χ2v) is 8.56. The van der Waals surface area contributed by atoms with Crippen molar-refractivity contribution in [2.45, 2.75) is 19.3 Å². The quantitative estimate of drug-likeness (QED) is 0.376. The summed E-state index contributed by atoms with van der Waals surface area (Å²) < 4.78 is 4.81. The zero-order valence-electron chi connectivity index (χ0n) is 18.9. The summed E-state index contributed by atoms with van der Waals surface area (Å²) in [5.41, 5.74) is 1.66. The number of aromatic amines is 1. The molecule has 1 aromatic heterocycles. The minimum Gasteiger partial charge on any atom is -0.469 e. The lowest BCUT2D eigenvalue weighted by Crippen LogP contribution is -2.50. The van der Waals surface area contributed by atoms with E-state index in [1.807, 2.05) is 17.0 Å². The fraction of sp³-hybridized carbons (Fsp3) is 0.435. The molecular formula is C23H27N5O6. The number of methoxy groups -OCH3 is 1. The summed E-state index contributed by atoms with van der Waals surface area (Å²) in [6, 6.07) is 9.93. The zero-order valence-corrected chi connectivity index (χ0v) is 18.9. The van der Waals surface area contributed by atoms with Crippen molar-refractivity contribution in [2.75, 3.05) is 43.5 Å². The van der Waals surface area contributed by atoms with Gasteiger partial charge in [-0.25, -0.2) is 4.98 Å². The predicted molar refractivity (Wildman–Crippen MR) is 123 cm³/mol. The number of nitrogens with zero attached hydrogens (tertiary/aromatic N) is 3. The van der Waals surface area contributed by atoms with Gasteiger partial charge in [0.1, 0.15) is 0 Å². The Labute approximate surface area is 196 Å². The van der Waals surface area contributed by atoms with Crippen LogP contribution in [0.25, 0.3) is 0 Å². The monoisotopic (exact) mass is 469 g/mol. The number of nitrogens with one attached hydrogen (secondary N) is 2. The Morgan fingerprint density at radius 3 is 2.32 bits per heavy atom. The summed E-state index contributed by atoms with van der Waals surface area (Å²) >= 11 is 0. The second-order valence-electron chi connectivity index (χ2n) is 8.56. The number of aromatic nitrogens is 1. The van der Waals surface area contributed by atoms with Crippen LogP contribution in [0.4, 0.5) is 17.2 Å². The van der Waals surface area contributed by atoms with Gasteiger partial charge in [0.05, 0.1) is 13.0 Å². The fourth-order valence-corrected chi connectivity index (χ4v) is 4.61. The van der Waals surface area contributed by atoms with Crippen LogP contribution in [0.3, 0.4) is 0 Å².